The molecule has 1 aromatic rings. The maximum Gasteiger partial charge on any atom is 0.334 e. The standard InChI is InChI=1S/C11H14N2O5/c1-7-4-8(12-18-7)5-10(14)13-2-3-17-9(6-13)11(15)16/h4,9H,2-3,5-6H2,1H3,(H,15,16). The fraction of sp³-hybridized carbons (Fsp3) is 0.545. The Bertz CT molecular complexity index is 456. The van der Waals surface area contributed by atoms with Gasteiger partial charge in [0.15, 0.2) is 6.10 Å². The van der Waals surface area contributed by atoms with Crippen LogP contribution in [0.5, 0.6) is 0 Å². The molecule has 2 heterocycles. The molecule has 0 saturated carbocycles. The van der Waals surface area contributed by atoms with Crippen LogP contribution in [0.4, 0.5) is 0 Å². The number of carboxylic acid groups (broad SMARTS) is 1. The summed E-state index contributed by atoms with van der Waals surface area (Å²) in [5, 5.41) is 12.6. The molecule has 0 aliphatic carbocycles. The van der Waals surface area contributed by atoms with Crippen LogP contribution in [0, 0.1) is 6.92 Å². The summed E-state index contributed by atoms with van der Waals surface area (Å²) in [7, 11) is 0. The highest BCUT2D eigenvalue weighted by Crippen LogP contribution is 2.09. The minimum Gasteiger partial charge on any atom is -0.479 e. The molecule has 2 rings (SSSR count). The van der Waals surface area contributed by atoms with Gasteiger partial charge in [-0.15, -0.1) is 0 Å². The number of carbonyl (C=O) groups is 2. The molecule has 1 saturated heterocycles. The van der Waals surface area contributed by atoms with Gasteiger partial charge in [-0.3, -0.25) is 4.79 Å². The largest absolute Gasteiger partial charge is 0.479 e. The Labute approximate surface area is 103 Å². The summed E-state index contributed by atoms with van der Waals surface area (Å²) in [5.74, 6) is -0.578. The molecule has 0 spiro atoms. The molecule has 1 aliphatic rings. The van der Waals surface area contributed by atoms with Gasteiger partial charge >= 0.3 is 5.97 Å². The quantitative estimate of drug-likeness (QED) is 0.805. The lowest BCUT2D eigenvalue weighted by Crippen LogP contribution is -2.49. The van der Waals surface area contributed by atoms with Gasteiger partial charge in [-0.05, 0) is 6.92 Å². The number of amides is 1. The highest BCUT2D eigenvalue weighted by Gasteiger charge is 2.29. The van der Waals surface area contributed by atoms with Crippen LogP contribution in [0.2, 0.25) is 0 Å². The Morgan fingerprint density at radius 1 is 1.61 bits per heavy atom. The second-order valence-corrected chi connectivity index (χ2v) is 4.14. The normalized spacial score (nSPS) is 19.8. The van der Waals surface area contributed by atoms with Crippen LogP contribution in [0.25, 0.3) is 0 Å². The van der Waals surface area contributed by atoms with Gasteiger partial charge in [0.1, 0.15) is 5.76 Å². The number of hydrogen-bond acceptors (Lipinski definition) is 5. The van der Waals surface area contributed by atoms with Crippen molar-refractivity contribution >= 4 is 11.9 Å². The van der Waals surface area contributed by atoms with Gasteiger partial charge < -0.3 is 19.3 Å². The van der Waals surface area contributed by atoms with Crippen molar-refractivity contribution in [3.8, 4) is 0 Å². The Morgan fingerprint density at radius 3 is 3.00 bits per heavy atom. The van der Waals surface area contributed by atoms with Crippen LogP contribution in [0.15, 0.2) is 10.6 Å². The maximum atomic E-state index is 11.9. The van der Waals surface area contributed by atoms with E-state index in [-0.39, 0.29) is 25.5 Å². The fourth-order valence-corrected chi connectivity index (χ4v) is 1.79. The molecule has 1 amide bonds. The van der Waals surface area contributed by atoms with E-state index in [1.807, 2.05) is 0 Å². The van der Waals surface area contributed by atoms with Gasteiger partial charge in [-0.1, -0.05) is 5.16 Å². The van der Waals surface area contributed by atoms with Crippen molar-refractivity contribution in [1.82, 2.24) is 10.1 Å². The van der Waals surface area contributed by atoms with Crippen molar-refractivity contribution in [3.63, 3.8) is 0 Å². The average Bonchev–Trinajstić information content (AvgIpc) is 2.75. The number of carboxylic acids is 1. The molecular formula is C11H14N2O5. The molecule has 7 nitrogen and oxygen atoms in total. The van der Waals surface area contributed by atoms with E-state index in [9.17, 15) is 9.59 Å². The van der Waals surface area contributed by atoms with Crippen LogP contribution in [-0.2, 0) is 20.7 Å². The predicted molar refractivity (Wildman–Crippen MR) is 58.9 cm³/mol. The van der Waals surface area contributed by atoms with E-state index >= 15 is 0 Å². The third-order valence-electron chi connectivity index (χ3n) is 2.70. The summed E-state index contributed by atoms with van der Waals surface area (Å²) in [5.41, 5.74) is 0.552. The summed E-state index contributed by atoms with van der Waals surface area (Å²) >= 11 is 0. The summed E-state index contributed by atoms with van der Waals surface area (Å²) in [6.45, 7) is 2.46. The zero-order chi connectivity index (χ0) is 13.1. The van der Waals surface area contributed by atoms with Gasteiger partial charge in [0, 0.05) is 12.6 Å². The van der Waals surface area contributed by atoms with E-state index in [4.69, 9.17) is 14.4 Å². The van der Waals surface area contributed by atoms with Crippen LogP contribution in [-0.4, -0.2) is 52.8 Å². The van der Waals surface area contributed by atoms with Crippen molar-refractivity contribution < 1.29 is 24.0 Å². The second-order valence-electron chi connectivity index (χ2n) is 4.14. The van der Waals surface area contributed by atoms with E-state index in [0.29, 0.717) is 18.0 Å². The number of hydrogen-bond donors (Lipinski definition) is 1. The molecule has 18 heavy (non-hydrogen) atoms. The van der Waals surface area contributed by atoms with Crippen molar-refractivity contribution in [1.29, 1.82) is 0 Å². The van der Waals surface area contributed by atoms with Crippen molar-refractivity contribution in [2.24, 2.45) is 0 Å². The molecule has 1 aliphatic heterocycles. The first-order chi connectivity index (χ1) is 8.56. The predicted octanol–water partition coefficient (Wildman–Crippen LogP) is -0.162. The molecule has 0 bridgehead atoms. The summed E-state index contributed by atoms with van der Waals surface area (Å²) in [6.07, 6.45) is -0.828. The molecule has 1 unspecified atom stereocenters. The van der Waals surface area contributed by atoms with Crippen LogP contribution in [0.1, 0.15) is 11.5 Å². The minimum atomic E-state index is -1.05. The number of nitrogens with zero attached hydrogens (tertiary/aromatic N) is 2. The van der Waals surface area contributed by atoms with Crippen LogP contribution >= 0.6 is 0 Å². The third-order valence-corrected chi connectivity index (χ3v) is 2.70. The second kappa shape index (κ2) is 5.18. The van der Waals surface area contributed by atoms with Gasteiger partial charge in [0.05, 0.1) is 25.3 Å². The van der Waals surface area contributed by atoms with Gasteiger partial charge in [-0.25, -0.2) is 4.79 Å². The minimum absolute atomic E-state index is 0.0744. The lowest BCUT2D eigenvalue weighted by molar-refractivity contribution is -0.159. The van der Waals surface area contributed by atoms with E-state index in [1.54, 1.807) is 13.0 Å². The number of rotatable bonds is 3. The lowest BCUT2D eigenvalue weighted by atomic mass is 10.2. The van der Waals surface area contributed by atoms with Crippen LogP contribution in [0.3, 0.4) is 0 Å². The van der Waals surface area contributed by atoms with Gasteiger partial charge in [-0.2, -0.15) is 0 Å². The topological polar surface area (TPSA) is 92.9 Å². The first-order valence-electron chi connectivity index (χ1n) is 5.60. The number of aliphatic carboxylic acids is 1. The van der Waals surface area contributed by atoms with Crippen LogP contribution < -0.4 is 0 Å². The Hall–Kier alpha value is -1.89. The number of aromatic nitrogens is 1. The first kappa shape index (κ1) is 12.6. The average molecular weight is 254 g/mol. The Morgan fingerprint density at radius 2 is 2.39 bits per heavy atom. The number of morpholine rings is 1. The maximum absolute atomic E-state index is 11.9. The molecule has 0 aromatic carbocycles. The smallest absolute Gasteiger partial charge is 0.334 e. The highest BCUT2D eigenvalue weighted by molar-refractivity contribution is 5.80. The van der Waals surface area contributed by atoms with E-state index < -0.39 is 12.1 Å². The molecule has 7 heteroatoms. The Balaban J connectivity index is 1.94. The SMILES string of the molecule is Cc1cc(CC(=O)N2CCOC(C(=O)O)C2)no1. The third kappa shape index (κ3) is 2.86. The summed E-state index contributed by atoms with van der Waals surface area (Å²) in [4.78, 5) is 24.2. The molecule has 1 atom stereocenters. The molecule has 0 radical (unpaired) electrons. The summed E-state index contributed by atoms with van der Waals surface area (Å²) in [6, 6.07) is 1.69. The Kier molecular flexibility index (Phi) is 3.61. The van der Waals surface area contributed by atoms with Gasteiger partial charge in [0.25, 0.3) is 0 Å². The van der Waals surface area contributed by atoms with E-state index in [1.165, 1.54) is 4.90 Å². The fourth-order valence-electron chi connectivity index (χ4n) is 1.79. The zero-order valence-corrected chi connectivity index (χ0v) is 9.96. The molecule has 1 N–H and O–H groups in total. The number of ether oxygens (including phenoxy) is 1. The van der Waals surface area contributed by atoms with E-state index in [2.05, 4.69) is 5.16 Å². The number of aryl methyl sites for hydroxylation is 1. The zero-order valence-electron chi connectivity index (χ0n) is 9.96. The van der Waals surface area contributed by atoms with Crippen molar-refractivity contribution in [3.05, 3.63) is 17.5 Å². The summed E-state index contributed by atoms with van der Waals surface area (Å²) < 4.78 is 9.92. The molecular weight excluding hydrogens is 240 g/mol. The molecule has 1 aromatic heterocycles. The van der Waals surface area contributed by atoms with Gasteiger partial charge in [0.2, 0.25) is 5.91 Å². The first-order valence-corrected chi connectivity index (χ1v) is 5.60. The molecule has 1 fully saturated rings. The van der Waals surface area contributed by atoms with Crippen molar-refractivity contribution in [2.45, 2.75) is 19.4 Å². The number of carbonyl (C=O) groups excluding carboxylic acids is 1. The highest BCUT2D eigenvalue weighted by atomic mass is 16.5. The monoisotopic (exact) mass is 254 g/mol. The molecule has 98 valence electrons. The lowest BCUT2D eigenvalue weighted by Gasteiger charge is -2.30. The van der Waals surface area contributed by atoms with E-state index in [0.717, 1.165) is 0 Å². The van der Waals surface area contributed by atoms with Crippen molar-refractivity contribution in [2.75, 3.05) is 19.7 Å².